The molecule has 2 aromatic rings. The molecule has 1 aromatic carbocycles. The van der Waals surface area contributed by atoms with Gasteiger partial charge in [-0.1, -0.05) is 18.2 Å². The van der Waals surface area contributed by atoms with Crippen molar-refractivity contribution in [3.8, 4) is 5.75 Å². The van der Waals surface area contributed by atoms with Gasteiger partial charge in [0, 0.05) is 11.4 Å². The quantitative estimate of drug-likeness (QED) is 0.858. The molecule has 0 atom stereocenters. The Kier molecular flexibility index (Phi) is 3.37. The maximum Gasteiger partial charge on any atom is 0.122 e. The summed E-state index contributed by atoms with van der Waals surface area (Å²) < 4.78 is 5.65. The smallest absolute Gasteiger partial charge is 0.122 e. The van der Waals surface area contributed by atoms with Gasteiger partial charge in [0.25, 0.3) is 0 Å². The Morgan fingerprint density at radius 1 is 1.20 bits per heavy atom. The van der Waals surface area contributed by atoms with Crippen LogP contribution in [0.15, 0.2) is 41.8 Å². The summed E-state index contributed by atoms with van der Waals surface area (Å²) in [6.07, 6.45) is 0. The molecular formula is C12H13NOS. The Morgan fingerprint density at radius 3 is 2.87 bits per heavy atom. The molecule has 15 heavy (non-hydrogen) atoms. The third-order valence-corrected chi connectivity index (χ3v) is 2.95. The highest BCUT2D eigenvalue weighted by Gasteiger charge is 1.97. The van der Waals surface area contributed by atoms with Crippen LogP contribution in [0.25, 0.3) is 0 Å². The lowest BCUT2D eigenvalue weighted by Crippen LogP contribution is -1.97. The molecule has 0 saturated heterocycles. The van der Waals surface area contributed by atoms with Gasteiger partial charge >= 0.3 is 0 Å². The third kappa shape index (κ3) is 2.81. The van der Waals surface area contributed by atoms with Gasteiger partial charge in [-0.15, -0.1) is 11.3 Å². The first-order valence-electron chi connectivity index (χ1n) is 4.82. The minimum absolute atomic E-state index is 0.552. The van der Waals surface area contributed by atoms with Crippen molar-refractivity contribution in [3.05, 3.63) is 52.2 Å². The monoisotopic (exact) mass is 219 g/mol. The van der Waals surface area contributed by atoms with Crippen LogP contribution in [0.4, 0.5) is 0 Å². The van der Waals surface area contributed by atoms with Crippen LogP contribution in [-0.2, 0) is 13.2 Å². The summed E-state index contributed by atoms with van der Waals surface area (Å²) in [7, 11) is 0. The maximum absolute atomic E-state index is 5.65. The largest absolute Gasteiger partial charge is 0.488 e. The van der Waals surface area contributed by atoms with E-state index < -0.39 is 0 Å². The predicted octanol–water partition coefficient (Wildman–Crippen LogP) is 2.79. The maximum atomic E-state index is 5.65. The molecule has 1 heterocycles. The third-order valence-electron chi connectivity index (χ3n) is 2.10. The van der Waals surface area contributed by atoms with E-state index in [4.69, 9.17) is 10.5 Å². The molecule has 0 aliphatic rings. The van der Waals surface area contributed by atoms with Crippen LogP contribution in [0, 0.1) is 0 Å². The number of rotatable bonds is 4. The summed E-state index contributed by atoms with van der Waals surface area (Å²) in [5.74, 6) is 0.881. The molecule has 3 heteroatoms. The van der Waals surface area contributed by atoms with E-state index in [0.29, 0.717) is 13.2 Å². The summed E-state index contributed by atoms with van der Waals surface area (Å²) in [6.45, 7) is 1.18. The molecule has 2 nitrogen and oxygen atoms in total. The van der Waals surface area contributed by atoms with E-state index >= 15 is 0 Å². The van der Waals surface area contributed by atoms with Crippen LogP contribution in [0.2, 0.25) is 0 Å². The van der Waals surface area contributed by atoms with E-state index in [-0.39, 0.29) is 0 Å². The van der Waals surface area contributed by atoms with Crippen molar-refractivity contribution in [2.45, 2.75) is 13.2 Å². The van der Waals surface area contributed by atoms with E-state index in [0.717, 1.165) is 11.3 Å². The van der Waals surface area contributed by atoms with Crippen LogP contribution >= 0.6 is 11.3 Å². The standard InChI is InChI=1S/C12H13NOS/c13-8-10-3-1-4-11(7-10)14-9-12-5-2-6-15-12/h1-7H,8-9,13H2. The number of benzene rings is 1. The van der Waals surface area contributed by atoms with E-state index in [2.05, 4.69) is 11.4 Å². The summed E-state index contributed by atoms with van der Waals surface area (Å²) in [5, 5.41) is 2.05. The second kappa shape index (κ2) is 4.96. The van der Waals surface area contributed by atoms with Gasteiger partial charge in [0.2, 0.25) is 0 Å². The van der Waals surface area contributed by atoms with Crippen LogP contribution < -0.4 is 10.5 Å². The molecule has 0 aliphatic carbocycles. The van der Waals surface area contributed by atoms with Crippen molar-refractivity contribution in [2.24, 2.45) is 5.73 Å². The molecule has 0 fully saturated rings. The first-order valence-corrected chi connectivity index (χ1v) is 5.70. The number of hydrogen-bond acceptors (Lipinski definition) is 3. The molecule has 0 aliphatic heterocycles. The highest BCUT2D eigenvalue weighted by molar-refractivity contribution is 7.09. The fourth-order valence-electron chi connectivity index (χ4n) is 1.31. The molecule has 1 aromatic heterocycles. The predicted molar refractivity (Wildman–Crippen MR) is 63.0 cm³/mol. The van der Waals surface area contributed by atoms with Gasteiger partial charge in [-0.2, -0.15) is 0 Å². The zero-order valence-electron chi connectivity index (χ0n) is 8.35. The summed E-state index contributed by atoms with van der Waals surface area (Å²) in [6, 6.07) is 12.0. The summed E-state index contributed by atoms with van der Waals surface area (Å²) >= 11 is 1.70. The van der Waals surface area contributed by atoms with E-state index in [9.17, 15) is 0 Å². The molecule has 0 amide bonds. The van der Waals surface area contributed by atoms with Crippen molar-refractivity contribution in [2.75, 3.05) is 0 Å². The van der Waals surface area contributed by atoms with Gasteiger partial charge in [-0.3, -0.25) is 0 Å². The molecular weight excluding hydrogens is 206 g/mol. The molecule has 2 rings (SSSR count). The number of nitrogens with two attached hydrogens (primary N) is 1. The number of thiophene rings is 1. The van der Waals surface area contributed by atoms with Crippen molar-refractivity contribution in [1.82, 2.24) is 0 Å². The number of hydrogen-bond donors (Lipinski definition) is 1. The molecule has 2 N–H and O–H groups in total. The van der Waals surface area contributed by atoms with Crippen LogP contribution in [-0.4, -0.2) is 0 Å². The molecule has 0 bridgehead atoms. The minimum Gasteiger partial charge on any atom is -0.488 e. The number of ether oxygens (including phenoxy) is 1. The normalized spacial score (nSPS) is 10.2. The van der Waals surface area contributed by atoms with Gasteiger partial charge in [0.15, 0.2) is 0 Å². The fourth-order valence-corrected chi connectivity index (χ4v) is 1.93. The van der Waals surface area contributed by atoms with Crippen molar-refractivity contribution in [3.63, 3.8) is 0 Å². The molecule has 0 spiro atoms. The second-order valence-electron chi connectivity index (χ2n) is 3.22. The topological polar surface area (TPSA) is 35.2 Å². The second-order valence-corrected chi connectivity index (χ2v) is 4.25. The van der Waals surface area contributed by atoms with Crippen molar-refractivity contribution < 1.29 is 4.74 Å². The fraction of sp³-hybridized carbons (Fsp3) is 0.167. The minimum atomic E-state index is 0.552. The lowest BCUT2D eigenvalue weighted by atomic mass is 10.2. The van der Waals surface area contributed by atoms with Crippen LogP contribution in [0.5, 0.6) is 5.75 Å². The highest BCUT2D eigenvalue weighted by Crippen LogP contribution is 2.16. The summed E-state index contributed by atoms with van der Waals surface area (Å²) in [5.41, 5.74) is 6.65. The van der Waals surface area contributed by atoms with Crippen LogP contribution in [0.3, 0.4) is 0 Å². The Balaban J connectivity index is 1.98. The highest BCUT2D eigenvalue weighted by atomic mass is 32.1. The van der Waals surface area contributed by atoms with Gasteiger partial charge in [-0.25, -0.2) is 0 Å². The van der Waals surface area contributed by atoms with Gasteiger partial charge in [-0.05, 0) is 29.1 Å². The average molecular weight is 219 g/mol. The Hall–Kier alpha value is -1.32. The van der Waals surface area contributed by atoms with Gasteiger partial charge in [0.1, 0.15) is 12.4 Å². The van der Waals surface area contributed by atoms with Gasteiger partial charge in [0.05, 0.1) is 0 Å². The van der Waals surface area contributed by atoms with E-state index in [1.54, 1.807) is 11.3 Å². The van der Waals surface area contributed by atoms with Crippen molar-refractivity contribution >= 4 is 11.3 Å². The Bertz CT molecular complexity index is 411. The Morgan fingerprint density at radius 2 is 2.13 bits per heavy atom. The summed E-state index contributed by atoms with van der Waals surface area (Å²) in [4.78, 5) is 1.23. The first-order chi connectivity index (χ1) is 7.38. The SMILES string of the molecule is NCc1cccc(OCc2cccs2)c1. The molecule has 0 saturated carbocycles. The molecule has 78 valence electrons. The first kappa shape index (κ1) is 10.2. The average Bonchev–Trinajstić information content (AvgIpc) is 2.79. The van der Waals surface area contributed by atoms with Crippen molar-refractivity contribution in [1.29, 1.82) is 0 Å². The van der Waals surface area contributed by atoms with E-state index in [1.165, 1.54) is 4.88 Å². The Labute approximate surface area is 93.3 Å². The lowest BCUT2D eigenvalue weighted by molar-refractivity contribution is 0.309. The van der Waals surface area contributed by atoms with Gasteiger partial charge < -0.3 is 10.5 Å². The zero-order valence-corrected chi connectivity index (χ0v) is 9.17. The molecule has 0 radical (unpaired) electrons. The van der Waals surface area contributed by atoms with E-state index in [1.807, 2.05) is 30.3 Å². The molecule has 0 unspecified atom stereocenters. The van der Waals surface area contributed by atoms with Crippen LogP contribution in [0.1, 0.15) is 10.4 Å². The lowest BCUT2D eigenvalue weighted by Gasteiger charge is -2.05. The zero-order chi connectivity index (χ0) is 10.5.